The van der Waals surface area contributed by atoms with E-state index in [0.717, 1.165) is 23.2 Å². The minimum Gasteiger partial charge on any atom is -0.494 e. The van der Waals surface area contributed by atoms with Gasteiger partial charge in [-0.05, 0) is 42.3 Å². The number of carbonyl (C=O) groups is 1. The highest BCUT2D eigenvalue weighted by Gasteiger charge is 2.05. The number of hydrogen-bond acceptors (Lipinski definition) is 2. The second kappa shape index (κ2) is 5.69. The molecule has 0 aliphatic heterocycles. The van der Waals surface area contributed by atoms with Gasteiger partial charge in [0.15, 0.2) is 6.29 Å². The maximum Gasteiger partial charge on any atom is 0.150 e. The van der Waals surface area contributed by atoms with Gasteiger partial charge in [0.2, 0.25) is 0 Å². The molecule has 0 aromatic heterocycles. The van der Waals surface area contributed by atoms with Crippen molar-refractivity contribution >= 4 is 17.9 Å². The Bertz CT molecular complexity index is 547. The topological polar surface area (TPSA) is 26.3 Å². The molecule has 3 heteroatoms. The van der Waals surface area contributed by atoms with Crippen LogP contribution in [-0.2, 0) is 0 Å². The summed E-state index contributed by atoms with van der Waals surface area (Å²) in [7, 11) is 0. The summed E-state index contributed by atoms with van der Waals surface area (Å²) in [4.78, 5) is 11.0. The Kier molecular flexibility index (Phi) is 4.00. The highest BCUT2D eigenvalue weighted by Crippen LogP contribution is 2.27. The van der Waals surface area contributed by atoms with Gasteiger partial charge in [0.1, 0.15) is 5.75 Å². The van der Waals surface area contributed by atoms with E-state index < -0.39 is 0 Å². The zero-order valence-electron chi connectivity index (χ0n) is 10.0. The summed E-state index contributed by atoms with van der Waals surface area (Å²) >= 11 is 5.87. The molecule has 2 aromatic carbocycles. The van der Waals surface area contributed by atoms with E-state index in [9.17, 15) is 4.79 Å². The molecule has 0 unspecified atom stereocenters. The van der Waals surface area contributed by atoms with Gasteiger partial charge in [0.25, 0.3) is 0 Å². The van der Waals surface area contributed by atoms with Crippen LogP contribution < -0.4 is 4.74 Å². The van der Waals surface area contributed by atoms with Crippen molar-refractivity contribution in [2.45, 2.75) is 6.92 Å². The molecule has 0 N–H and O–H groups in total. The molecule has 0 bridgehead atoms. The second-order valence-electron chi connectivity index (χ2n) is 3.81. The fourth-order valence-electron chi connectivity index (χ4n) is 1.79. The predicted molar refractivity (Wildman–Crippen MR) is 73.4 cm³/mol. The van der Waals surface area contributed by atoms with Crippen LogP contribution in [0.5, 0.6) is 5.75 Å². The van der Waals surface area contributed by atoms with Crippen molar-refractivity contribution in [1.82, 2.24) is 0 Å². The Labute approximate surface area is 111 Å². The highest BCUT2D eigenvalue weighted by atomic mass is 35.5. The lowest BCUT2D eigenvalue weighted by Gasteiger charge is -2.07. The number of benzene rings is 2. The molecule has 92 valence electrons. The summed E-state index contributed by atoms with van der Waals surface area (Å²) in [6.45, 7) is 2.58. The summed E-state index contributed by atoms with van der Waals surface area (Å²) in [6.07, 6.45) is 0.817. The Morgan fingerprint density at radius 2 is 1.89 bits per heavy atom. The minimum absolute atomic E-state index is 0.562. The molecule has 2 nitrogen and oxygen atoms in total. The van der Waals surface area contributed by atoms with Crippen LogP contribution in [0.4, 0.5) is 0 Å². The van der Waals surface area contributed by atoms with Crippen LogP contribution in [0.15, 0.2) is 42.5 Å². The van der Waals surface area contributed by atoms with Gasteiger partial charge in [0, 0.05) is 10.6 Å². The molecule has 0 saturated heterocycles. The first-order chi connectivity index (χ1) is 8.74. The van der Waals surface area contributed by atoms with E-state index in [4.69, 9.17) is 16.3 Å². The third-order valence-electron chi connectivity index (χ3n) is 2.62. The molecule has 0 spiro atoms. The Balaban J connectivity index is 2.39. The number of halogens is 1. The lowest BCUT2D eigenvalue weighted by atomic mass is 10.0. The van der Waals surface area contributed by atoms with Crippen LogP contribution >= 0.6 is 11.6 Å². The van der Waals surface area contributed by atoms with Crippen LogP contribution in [0.1, 0.15) is 17.3 Å². The predicted octanol–water partition coefficient (Wildman–Crippen LogP) is 4.22. The fourth-order valence-corrected chi connectivity index (χ4v) is 1.97. The Hall–Kier alpha value is -1.80. The largest absolute Gasteiger partial charge is 0.494 e. The van der Waals surface area contributed by atoms with Gasteiger partial charge in [0.05, 0.1) is 6.61 Å². The van der Waals surface area contributed by atoms with Crippen LogP contribution in [0, 0.1) is 0 Å². The number of carbonyl (C=O) groups excluding carboxylic acids is 1. The summed E-state index contributed by atoms with van der Waals surface area (Å²) in [5.74, 6) is 0.822. The first kappa shape index (κ1) is 12.7. The van der Waals surface area contributed by atoms with Gasteiger partial charge in [-0.25, -0.2) is 0 Å². The first-order valence-electron chi connectivity index (χ1n) is 5.72. The summed E-state index contributed by atoms with van der Waals surface area (Å²) in [6, 6.07) is 12.9. The number of ether oxygens (including phenoxy) is 1. The van der Waals surface area contributed by atoms with Gasteiger partial charge < -0.3 is 4.74 Å². The highest BCUT2D eigenvalue weighted by molar-refractivity contribution is 6.31. The molecule has 0 atom stereocenters. The van der Waals surface area contributed by atoms with E-state index in [0.29, 0.717) is 17.2 Å². The number of aldehydes is 1. The molecule has 2 aromatic rings. The summed E-state index contributed by atoms with van der Waals surface area (Å²) in [5.41, 5.74) is 2.43. The third-order valence-corrected chi connectivity index (χ3v) is 2.85. The van der Waals surface area contributed by atoms with Gasteiger partial charge in [-0.15, -0.1) is 0 Å². The smallest absolute Gasteiger partial charge is 0.150 e. The van der Waals surface area contributed by atoms with Crippen molar-refractivity contribution in [2.24, 2.45) is 0 Å². The average molecular weight is 261 g/mol. The molecule has 0 amide bonds. The SMILES string of the molecule is CCOc1ccc(-c2ccc(Cl)cc2C=O)cc1. The first-order valence-corrected chi connectivity index (χ1v) is 6.10. The second-order valence-corrected chi connectivity index (χ2v) is 4.24. The van der Waals surface area contributed by atoms with Gasteiger partial charge in [-0.1, -0.05) is 29.8 Å². The molecule has 0 aliphatic rings. The van der Waals surface area contributed by atoms with E-state index in [1.165, 1.54) is 0 Å². The molecule has 18 heavy (non-hydrogen) atoms. The number of hydrogen-bond donors (Lipinski definition) is 0. The van der Waals surface area contributed by atoms with E-state index in [2.05, 4.69) is 0 Å². The van der Waals surface area contributed by atoms with E-state index in [1.807, 2.05) is 37.3 Å². The maximum atomic E-state index is 11.0. The lowest BCUT2D eigenvalue weighted by molar-refractivity contribution is 0.112. The van der Waals surface area contributed by atoms with Crippen molar-refractivity contribution in [3.63, 3.8) is 0 Å². The molecule has 2 rings (SSSR count). The van der Waals surface area contributed by atoms with Crippen molar-refractivity contribution in [1.29, 1.82) is 0 Å². The van der Waals surface area contributed by atoms with Crippen LogP contribution in [0.3, 0.4) is 0 Å². The molecule has 0 radical (unpaired) electrons. The molecular formula is C15H13ClO2. The van der Waals surface area contributed by atoms with E-state index in [-0.39, 0.29) is 0 Å². The van der Waals surface area contributed by atoms with Crippen LogP contribution in [0.25, 0.3) is 11.1 Å². The average Bonchev–Trinajstić information content (AvgIpc) is 2.40. The Morgan fingerprint density at radius 1 is 1.17 bits per heavy atom. The van der Waals surface area contributed by atoms with Crippen LogP contribution in [0.2, 0.25) is 5.02 Å². The van der Waals surface area contributed by atoms with Crippen molar-refractivity contribution in [3.05, 3.63) is 53.1 Å². The standard InChI is InChI=1S/C15H13ClO2/c1-2-18-14-6-3-11(4-7-14)15-8-5-13(16)9-12(15)10-17/h3-10H,2H2,1H3. The third kappa shape index (κ3) is 2.71. The zero-order valence-corrected chi connectivity index (χ0v) is 10.8. The van der Waals surface area contributed by atoms with Gasteiger partial charge in [-0.3, -0.25) is 4.79 Å². The minimum atomic E-state index is 0.562. The van der Waals surface area contributed by atoms with Crippen molar-refractivity contribution in [2.75, 3.05) is 6.61 Å². The van der Waals surface area contributed by atoms with E-state index >= 15 is 0 Å². The molecule has 0 heterocycles. The maximum absolute atomic E-state index is 11.0. The van der Waals surface area contributed by atoms with Crippen molar-refractivity contribution in [3.8, 4) is 16.9 Å². The van der Waals surface area contributed by atoms with Crippen LogP contribution in [-0.4, -0.2) is 12.9 Å². The summed E-state index contributed by atoms with van der Waals surface area (Å²) < 4.78 is 5.38. The van der Waals surface area contributed by atoms with Gasteiger partial charge in [-0.2, -0.15) is 0 Å². The summed E-state index contributed by atoms with van der Waals surface area (Å²) in [5, 5.41) is 0.562. The molecule has 0 aliphatic carbocycles. The van der Waals surface area contributed by atoms with Gasteiger partial charge >= 0.3 is 0 Å². The molecular weight excluding hydrogens is 248 g/mol. The lowest BCUT2D eigenvalue weighted by Crippen LogP contribution is -1.91. The quantitative estimate of drug-likeness (QED) is 0.770. The Morgan fingerprint density at radius 3 is 2.50 bits per heavy atom. The number of rotatable bonds is 4. The zero-order chi connectivity index (χ0) is 13.0. The molecule has 0 fully saturated rings. The molecule has 0 saturated carbocycles. The monoisotopic (exact) mass is 260 g/mol. The normalized spacial score (nSPS) is 10.1. The van der Waals surface area contributed by atoms with Crippen molar-refractivity contribution < 1.29 is 9.53 Å². The fraction of sp³-hybridized carbons (Fsp3) is 0.133. The van der Waals surface area contributed by atoms with E-state index in [1.54, 1.807) is 12.1 Å².